The fraction of sp³-hybridized carbons (Fsp3) is 0.250. The molecular formula is C16H16N6O. The van der Waals surface area contributed by atoms with Crippen molar-refractivity contribution in [3.63, 3.8) is 0 Å². The molecule has 3 heterocycles. The Morgan fingerprint density at radius 2 is 2.17 bits per heavy atom. The summed E-state index contributed by atoms with van der Waals surface area (Å²) in [5.41, 5.74) is 4.00. The van der Waals surface area contributed by atoms with Gasteiger partial charge in [0.05, 0.1) is 0 Å². The maximum absolute atomic E-state index is 11.6. The Labute approximate surface area is 133 Å². The van der Waals surface area contributed by atoms with E-state index < -0.39 is 0 Å². The summed E-state index contributed by atoms with van der Waals surface area (Å²) in [6, 6.07) is 7.96. The first kappa shape index (κ1) is 13.7. The van der Waals surface area contributed by atoms with Gasteiger partial charge in [-0.25, -0.2) is 4.98 Å². The fourth-order valence-corrected chi connectivity index (χ4v) is 2.97. The summed E-state index contributed by atoms with van der Waals surface area (Å²) in [7, 11) is 0. The number of rotatable bonds is 2. The summed E-state index contributed by atoms with van der Waals surface area (Å²) in [5, 5.41) is 7.56. The average molecular weight is 308 g/mol. The second kappa shape index (κ2) is 5.05. The van der Waals surface area contributed by atoms with Gasteiger partial charge in [-0.05, 0) is 37.1 Å². The zero-order valence-electron chi connectivity index (χ0n) is 12.9. The second-order valence-corrected chi connectivity index (χ2v) is 5.64. The third-order valence-corrected chi connectivity index (χ3v) is 4.01. The minimum atomic E-state index is 0.0820. The normalized spacial score (nSPS) is 13.4. The van der Waals surface area contributed by atoms with Gasteiger partial charge >= 0.3 is 0 Å². The molecule has 0 atom stereocenters. The van der Waals surface area contributed by atoms with E-state index in [0.717, 1.165) is 35.9 Å². The van der Waals surface area contributed by atoms with Crippen LogP contribution in [0.25, 0.3) is 5.78 Å². The van der Waals surface area contributed by atoms with Crippen LogP contribution in [0, 0.1) is 6.92 Å². The maximum Gasteiger partial charge on any atom is 0.254 e. The standard InChI is InChI=1S/C16H16N6O/c1-10-7-15(22-16(19-10)17-9-18-22)20-13-3-4-14-12(8-13)5-6-21(14)11(2)23/h3-4,7-9,20H,5-6H2,1-2H3. The average Bonchev–Trinajstić information content (AvgIpc) is 3.12. The van der Waals surface area contributed by atoms with E-state index in [1.165, 1.54) is 11.9 Å². The Bertz CT molecular complexity index is 916. The Hall–Kier alpha value is -2.96. The largest absolute Gasteiger partial charge is 0.340 e. The number of anilines is 3. The third kappa shape index (κ3) is 2.30. The van der Waals surface area contributed by atoms with Gasteiger partial charge in [0.1, 0.15) is 12.1 Å². The van der Waals surface area contributed by atoms with Crippen LogP contribution in [0.4, 0.5) is 17.2 Å². The van der Waals surface area contributed by atoms with Gasteiger partial charge in [-0.1, -0.05) is 0 Å². The predicted molar refractivity (Wildman–Crippen MR) is 87.0 cm³/mol. The van der Waals surface area contributed by atoms with Crippen LogP contribution in [0.1, 0.15) is 18.2 Å². The van der Waals surface area contributed by atoms with Gasteiger partial charge < -0.3 is 10.2 Å². The molecule has 0 fully saturated rings. The number of amides is 1. The van der Waals surface area contributed by atoms with Crippen molar-refractivity contribution in [2.45, 2.75) is 20.3 Å². The van der Waals surface area contributed by atoms with E-state index in [9.17, 15) is 4.79 Å². The molecule has 4 rings (SSSR count). The number of nitrogens with one attached hydrogen (secondary N) is 1. The first-order valence-corrected chi connectivity index (χ1v) is 7.47. The highest BCUT2D eigenvalue weighted by Gasteiger charge is 2.22. The number of carbonyl (C=O) groups is 1. The van der Waals surface area contributed by atoms with Crippen LogP contribution >= 0.6 is 0 Å². The van der Waals surface area contributed by atoms with Crippen molar-refractivity contribution in [1.29, 1.82) is 0 Å². The minimum Gasteiger partial charge on any atom is -0.340 e. The summed E-state index contributed by atoms with van der Waals surface area (Å²) in [6.07, 6.45) is 2.36. The molecule has 116 valence electrons. The second-order valence-electron chi connectivity index (χ2n) is 5.64. The molecule has 1 aliphatic heterocycles. The monoisotopic (exact) mass is 308 g/mol. The highest BCUT2D eigenvalue weighted by Crippen LogP contribution is 2.31. The molecule has 0 spiro atoms. The first-order valence-electron chi connectivity index (χ1n) is 7.47. The van der Waals surface area contributed by atoms with E-state index in [4.69, 9.17) is 0 Å². The van der Waals surface area contributed by atoms with Crippen LogP contribution in [0.15, 0.2) is 30.6 Å². The van der Waals surface area contributed by atoms with E-state index in [1.807, 2.05) is 30.0 Å². The molecule has 1 aliphatic rings. The van der Waals surface area contributed by atoms with Crippen molar-refractivity contribution in [1.82, 2.24) is 19.6 Å². The highest BCUT2D eigenvalue weighted by molar-refractivity contribution is 5.94. The topological polar surface area (TPSA) is 75.4 Å². The molecule has 0 bridgehead atoms. The van der Waals surface area contributed by atoms with E-state index in [0.29, 0.717) is 5.78 Å². The molecule has 1 N–H and O–H groups in total. The van der Waals surface area contributed by atoms with Gasteiger partial charge in [-0.15, -0.1) is 0 Å². The number of aryl methyl sites for hydroxylation is 1. The molecule has 3 aromatic rings. The maximum atomic E-state index is 11.6. The summed E-state index contributed by atoms with van der Waals surface area (Å²) >= 11 is 0. The quantitative estimate of drug-likeness (QED) is 0.784. The summed E-state index contributed by atoms with van der Waals surface area (Å²) in [5.74, 6) is 1.46. The van der Waals surface area contributed by atoms with Crippen molar-refractivity contribution in [3.05, 3.63) is 41.9 Å². The van der Waals surface area contributed by atoms with Crippen LogP contribution in [0.5, 0.6) is 0 Å². The van der Waals surface area contributed by atoms with Crippen molar-refractivity contribution in [3.8, 4) is 0 Å². The van der Waals surface area contributed by atoms with E-state index in [2.05, 4.69) is 26.4 Å². The van der Waals surface area contributed by atoms with Crippen molar-refractivity contribution in [2.24, 2.45) is 0 Å². The van der Waals surface area contributed by atoms with Crippen LogP contribution in [0.3, 0.4) is 0 Å². The van der Waals surface area contributed by atoms with Gasteiger partial charge in [0.15, 0.2) is 0 Å². The smallest absolute Gasteiger partial charge is 0.254 e. The number of fused-ring (bicyclic) bond motifs is 2. The molecule has 7 heteroatoms. The molecule has 0 radical (unpaired) electrons. The minimum absolute atomic E-state index is 0.0820. The molecule has 0 aliphatic carbocycles. The van der Waals surface area contributed by atoms with Gasteiger partial charge in [-0.3, -0.25) is 4.79 Å². The number of hydrogen-bond donors (Lipinski definition) is 1. The highest BCUT2D eigenvalue weighted by atomic mass is 16.2. The Morgan fingerprint density at radius 3 is 3.00 bits per heavy atom. The summed E-state index contributed by atoms with van der Waals surface area (Å²) < 4.78 is 1.67. The van der Waals surface area contributed by atoms with Crippen LogP contribution < -0.4 is 10.2 Å². The molecule has 23 heavy (non-hydrogen) atoms. The van der Waals surface area contributed by atoms with Crippen molar-refractivity contribution >= 4 is 28.9 Å². The number of carbonyl (C=O) groups excluding carboxylic acids is 1. The lowest BCUT2D eigenvalue weighted by atomic mass is 10.1. The lowest BCUT2D eigenvalue weighted by Gasteiger charge is -2.15. The zero-order valence-corrected chi connectivity index (χ0v) is 12.9. The Kier molecular flexibility index (Phi) is 3.00. The van der Waals surface area contributed by atoms with Gasteiger partial charge in [0, 0.05) is 36.6 Å². The molecule has 2 aromatic heterocycles. The number of benzene rings is 1. The molecule has 0 unspecified atom stereocenters. The number of hydrogen-bond acceptors (Lipinski definition) is 5. The van der Waals surface area contributed by atoms with Crippen LogP contribution in [-0.4, -0.2) is 32.0 Å². The molecule has 0 saturated heterocycles. The van der Waals surface area contributed by atoms with Gasteiger partial charge in [-0.2, -0.15) is 14.6 Å². The third-order valence-electron chi connectivity index (χ3n) is 4.01. The van der Waals surface area contributed by atoms with E-state index in [1.54, 1.807) is 11.4 Å². The van der Waals surface area contributed by atoms with Gasteiger partial charge in [0.25, 0.3) is 5.78 Å². The lowest BCUT2D eigenvalue weighted by Crippen LogP contribution is -2.25. The molecule has 1 amide bonds. The van der Waals surface area contributed by atoms with Crippen molar-refractivity contribution in [2.75, 3.05) is 16.8 Å². The SMILES string of the molecule is CC(=O)N1CCc2cc(Nc3cc(C)nc4ncnn34)ccc21. The Balaban J connectivity index is 1.70. The van der Waals surface area contributed by atoms with Gasteiger partial charge in [0.2, 0.25) is 5.91 Å². The fourth-order valence-electron chi connectivity index (χ4n) is 2.97. The predicted octanol–water partition coefficient (Wildman–Crippen LogP) is 2.09. The van der Waals surface area contributed by atoms with Crippen LogP contribution in [-0.2, 0) is 11.2 Å². The first-order chi connectivity index (χ1) is 11.1. The Morgan fingerprint density at radius 1 is 1.30 bits per heavy atom. The molecule has 1 aromatic carbocycles. The molecule has 7 nitrogen and oxygen atoms in total. The van der Waals surface area contributed by atoms with Crippen molar-refractivity contribution < 1.29 is 4.79 Å². The molecule has 0 saturated carbocycles. The van der Waals surface area contributed by atoms with Crippen LogP contribution in [0.2, 0.25) is 0 Å². The van der Waals surface area contributed by atoms with E-state index >= 15 is 0 Å². The number of nitrogens with zero attached hydrogens (tertiary/aromatic N) is 5. The summed E-state index contributed by atoms with van der Waals surface area (Å²) in [6.45, 7) is 4.27. The molecular weight excluding hydrogens is 292 g/mol. The zero-order chi connectivity index (χ0) is 16.0. The lowest BCUT2D eigenvalue weighted by molar-refractivity contribution is -0.116. The summed E-state index contributed by atoms with van der Waals surface area (Å²) in [4.78, 5) is 21.9. The van der Waals surface area contributed by atoms with E-state index in [-0.39, 0.29) is 5.91 Å². The number of aromatic nitrogens is 4.